The van der Waals surface area contributed by atoms with Crippen LogP contribution in [-0.2, 0) is 9.59 Å². The van der Waals surface area contributed by atoms with Crippen molar-refractivity contribution in [2.75, 3.05) is 0 Å². The van der Waals surface area contributed by atoms with E-state index < -0.39 is 0 Å². The number of carbonyl (C=O) groups is 2. The molecule has 1 rings (SSSR count). The van der Waals surface area contributed by atoms with Crippen molar-refractivity contribution in [2.24, 2.45) is 5.92 Å². The molecule has 0 aromatic rings. The maximum atomic E-state index is 10.7. The third-order valence-electron chi connectivity index (χ3n) is 1.51. The lowest BCUT2D eigenvalue weighted by molar-refractivity contribution is -0.125. The smallest absolute Gasteiger partial charge is 0.166 e. The van der Waals surface area contributed by atoms with Gasteiger partial charge in [0.15, 0.2) is 11.6 Å². The van der Waals surface area contributed by atoms with Gasteiger partial charge in [-0.2, -0.15) is 0 Å². The van der Waals surface area contributed by atoms with E-state index in [1.807, 2.05) is 6.92 Å². The van der Waals surface area contributed by atoms with Crippen molar-refractivity contribution < 1.29 is 9.59 Å². The number of hydrogen-bond donors (Lipinski definition) is 0. The van der Waals surface area contributed by atoms with Crippen LogP contribution < -0.4 is 0 Å². The molecule has 0 atom stereocenters. The Morgan fingerprint density at radius 1 is 1.33 bits per heavy atom. The minimum atomic E-state index is -0.356. The van der Waals surface area contributed by atoms with Gasteiger partial charge in [0.1, 0.15) is 0 Å². The van der Waals surface area contributed by atoms with Crippen LogP contribution in [0.4, 0.5) is 0 Å². The summed E-state index contributed by atoms with van der Waals surface area (Å²) in [6.07, 6.45) is 3.34. The molecular weight excluding hydrogens is 116 g/mol. The Labute approximate surface area is 53.6 Å². The van der Waals surface area contributed by atoms with E-state index in [2.05, 4.69) is 0 Å². The molecule has 0 aromatic heterocycles. The maximum Gasteiger partial charge on any atom is 0.166 e. The standard InChI is InChI=1S/C7H8O2/c1-2-5-6(8)3-4-7(5)9/h3-5H,2H2,1H3. The first-order valence-electron chi connectivity index (χ1n) is 3.01. The van der Waals surface area contributed by atoms with Gasteiger partial charge in [-0.1, -0.05) is 6.92 Å². The second kappa shape index (κ2) is 2.13. The van der Waals surface area contributed by atoms with Gasteiger partial charge < -0.3 is 0 Å². The summed E-state index contributed by atoms with van der Waals surface area (Å²) < 4.78 is 0. The summed E-state index contributed by atoms with van der Waals surface area (Å²) >= 11 is 0. The largest absolute Gasteiger partial charge is 0.294 e. The molecule has 0 spiro atoms. The van der Waals surface area contributed by atoms with Crippen LogP contribution in [0.1, 0.15) is 13.3 Å². The molecule has 0 aromatic carbocycles. The Balaban J connectivity index is 2.75. The number of ketones is 2. The molecule has 9 heavy (non-hydrogen) atoms. The minimum absolute atomic E-state index is 0.0394. The van der Waals surface area contributed by atoms with Crippen LogP contribution in [-0.4, -0.2) is 11.6 Å². The zero-order valence-electron chi connectivity index (χ0n) is 5.26. The van der Waals surface area contributed by atoms with E-state index in [4.69, 9.17) is 0 Å². The monoisotopic (exact) mass is 124 g/mol. The van der Waals surface area contributed by atoms with E-state index in [9.17, 15) is 9.59 Å². The van der Waals surface area contributed by atoms with Gasteiger partial charge in [0.2, 0.25) is 0 Å². The molecule has 2 heteroatoms. The van der Waals surface area contributed by atoms with Gasteiger partial charge in [-0.3, -0.25) is 9.59 Å². The van der Waals surface area contributed by atoms with Gasteiger partial charge in [-0.15, -0.1) is 0 Å². The van der Waals surface area contributed by atoms with Crippen LogP contribution in [0.5, 0.6) is 0 Å². The Morgan fingerprint density at radius 2 is 1.78 bits per heavy atom. The zero-order chi connectivity index (χ0) is 6.85. The molecule has 0 fully saturated rings. The molecule has 0 saturated heterocycles. The first kappa shape index (κ1) is 6.20. The summed E-state index contributed by atoms with van der Waals surface area (Å²) in [5.74, 6) is -0.435. The van der Waals surface area contributed by atoms with E-state index >= 15 is 0 Å². The molecule has 0 heterocycles. The Hall–Kier alpha value is -0.920. The van der Waals surface area contributed by atoms with Crippen LogP contribution >= 0.6 is 0 Å². The van der Waals surface area contributed by atoms with Gasteiger partial charge in [-0.05, 0) is 18.6 Å². The fraction of sp³-hybridized carbons (Fsp3) is 0.429. The summed E-state index contributed by atoms with van der Waals surface area (Å²) in [4.78, 5) is 21.4. The van der Waals surface area contributed by atoms with Crippen LogP contribution in [0.25, 0.3) is 0 Å². The fourth-order valence-corrected chi connectivity index (χ4v) is 0.939. The summed E-state index contributed by atoms with van der Waals surface area (Å²) in [7, 11) is 0. The molecule has 0 saturated carbocycles. The van der Waals surface area contributed by atoms with Crippen LogP contribution in [0.15, 0.2) is 12.2 Å². The number of allylic oxidation sites excluding steroid dienone is 2. The molecular formula is C7H8O2. The SMILES string of the molecule is CCC1C(=O)C=CC1=O. The second-order valence-electron chi connectivity index (χ2n) is 2.10. The van der Waals surface area contributed by atoms with Crippen molar-refractivity contribution in [3.05, 3.63) is 12.2 Å². The van der Waals surface area contributed by atoms with E-state index in [1.54, 1.807) is 0 Å². The highest BCUT2D eigenvalue weighted by atomic mass is 16.2. The van der Waals surface area contributed by atoms with Crippen molar-refractivity contribution >= 4 is 11.6 Å². The maximum absolute atomic E-state index is 10.7. The van der Waals surface area contributed by atoms with Crippen molar-refractivity contribution in [2.45, 2.75) is 13.3 Å². The third kappa shape index (κ3) is 0.922. The molecule has 0 aliphatic heterocycles. The predicted octanol–water partition coefficient (Wildman–Crippen LogP) is 0.721. The first-order chi connectivity index (χ1) is 4.25. The summed E-state index contributed by atoms with van der Waals surface area (Å²) in [6, 6.07) is 0. The highest BCUT2D eigenvalue weighted by Crippen LogP contribution is 2.13. The molecule has 2 nitrogen and oxygen atoms in total. The average molecular weight is 124 g/mol. The quantitative estimate of drug-likeness (QED) is 0.483. The molecule has 48 valence electrons. The van der Waals surface area contributed by atoms with E-state index in [1.165, 1.54) is 12.2 Å². The summed E-state index contributed by atoms with van der Waals surface area (Å²) in [5.41, 5.74) is 0. The van der Waals surface area contributed by atoms with E-state index in [-0.39, 0.29) is 17.5 Å². The van der Waals surface area contributed by atoms with Crippen molar-refractivity contribution in [1.29, 1.82) is 0 Å². The van der Waals surface area contributed by atoms with Gasteiger partial charge in [0.25, 0.3) is 0 Å². The zero-order valence-corrected chi connectivity index (χ0v) is 5.26. The number of rotatable bonds is 1. The lowest BCUT2D eigenvalue weighted by Gasteiger charge is -1.98. The predicted molar refractivity (Wildman–Crippen MR) is 32.9 cm³/mol. The summed E-state index contributed by atoms with van der Waals surface area (Å²) in [6.45, 7) is 1.84. The normalized spacial score (nSPS) is 19.7. The van der Waals surface area contributed by atoms with E-state index in [0.29, 0.717) is 6.42 Å². The van der Waals surface area contributed by atoms with Crippen molar-refractivity contribution in [3.63, 3.8) is 0 Å². The lowest BCUT2D eigenvalue weighted by Crippen LogP contribution is -2.13. The van der Waals surface area contributed by atoms with Crippen molar-refractivity contribution in [3.8, 4) is 0 Å². The highest BCUT2D eigenvalue weighted by molar-refractivity contribution is 6.18. The molecule has 1 aliphatic carbocycles. The highest BCUT2D eigenvalue weighted by Gasteiger charge is 2.25. The Morgan fingerprint density at radius 3 is 2.00 bits per heavy atom. The number of hydrogen-bond acceptors (Lipinski definition) is 2. The second-order valence-corrected chi connectivity index (χ2v) is 2.10. The van der Waals surface area contributed by atoms with E-state index in [0.717, 1.165) is 0 Å². The summed E-state index contributed by atoms with van der Waals surface area (Å²) in [5, 5.41) is 0. The number of carbonyl (C=O) groups excluding carboxylic acids is 2. The molecule has 0 amide bonds. The van der Waals surface area contributed by atoms with Crippen LogP contribution in [0, 0.1) is 5.92 Å². The Bertz CT molecular complexity index is 161. The van der Waals surface area contributed by atoms with Gasteiger partial charge in [-0.25, -0.2) is 0 Å². The molecule has 0 unspecified atom stereocenters. The topological polar surface area (TPSA) is 34.1 Å². The van der Waals surface area contributed by atoms with Gasteiger partial charge in [0, 0.05) is 0 Å². The molecule has 0 N–H and O–H groups in total. The third-order valence-corrected chi connectivity index (χ3v) is 1.51. The molecule has 0 radical (unpaired) electrons. The van der Waals surface area contributed by atoms with Crippen LogP contribution in [0.2, 0.25) is 0 Å². The molecule has 1 aliphatic rings. The Kier molecular flexibility index (Phi) is 1.47. The van der Waals surface area contributed by atoms with Crippen LogP contribution in [0.3, 0.4) is 0 Å². The molecule has 0 bridgehead atoms. The lowest BCUT2D eigenvalue weighted by atomic mass is 10.0. The van der Waals surface area contributed by atoms with Crippen molar-refractivity contribution in [1.82, 2.24) is 0 Å². The minimum Gasteiger partial charge on any atom is -0.294 e. The average Bonchev–Trinajstić information content (AvgIpc) is 2.12. The van der Waals surface area contributed by atoms with Gasteiger partial charge >= 0.3 is 0 Å². The first-order valence-corrected chi connectivity index (χ1v) is 3.01. The van der Waals surface area contributed by atoms with Gasteiger partial charge in [0.05, 0.1) is 5.92 Å². The fourth-order valence-electron chi connectivity index (χ4n) is 0.939.